The Morgan fingerprint density at radius 3 is 2.66 bits per heavy atom. The summed E-state index contributed by atoms with van der Waals surface area (Å²) >= 11 is 8.14. The molecule has 1 amide bonds. The number of benzene rings is 2. The van der Waals surface area contributed by atoms with Gasteiger partial charge in [-0.25, -0.2) is 22.0 Å². The number of aryl methyl sites for hydroxylation is 1. The van der Waals surface area contributed by atoms with Crippen molar-refractivity contribution < 1.29 is 22.0 Å². The first kappa shape index (κ1) is 25.3. The van der Waals surface area contributed by atoms with Gasteiger partial charge in [-0.05, 0) is 24.3 Å². The third-order valence-corrected chi connectivity index (χ3v) is 10.4. The van der Waals surface area contributed by atoms with Crippen molar-refractivity contribution in [1.82, 2.24) is 14.5 Å². The zero-order valence-corrected chi connectivity index (χ0v) is 22.3. The number of fused-ring (bicyclic) bond motifs is 1. The molecule has 2 atom stereocenters. The van der Waals surface area contributed by atoms with Crippen molar-refractivity contribution >= 4 is 55.8 Å². The molecule has 3 aromatic rings. The Balaban J connectivity index is 1.57. The zero-order valence-electron chi connectivity index (χ0n) is 19.9. The summed E-state index contributed by atoms with van der Waals surface area (Å²) in [6.45, 7) is 4.37. The fourth-order valence-electron chi connectivity index (χ4n) is 5.72. The maximum absolute atomic E-state index is 14.9. The van der Waals surface area contributed by atoms with Crippen molar-refractivity contribution in [2.24, 2.45) is 0 Å². The first-order valence-electron chi connectivity index (χ1n) is 11.8. The number of rotatable bonds is 3. The van der Waals surface area contributed by atoms with Crippen LogP contribution in [0.4, 0.5) is 14.6 Å². The number of piperazine rings is 1. The summed E-state index contributed by atoms with van der Waals surface area (Å²) in [6, 6.07) is 3.61. The third-order valence-electron chi connectivity index (χ3n) is 7.32. The van der Waals surface area contributed by atoms with E-state index in [2.05, 4.69) is 11.6 Å². The van der Waals surface area contributed by atoms with E-state index < -0.39 is 39.2 Å². The SMILES string of the molecule is C=CC(=O)N1CCN(c2nc(=O)n3c4c(c(-c5ccc(F)cc5F)c(Cl)cc24)SCC3)[C@@H]2CS(=O)(=O)C[C@@H]21. The van der Waals surface area contributed by atoms with Crippen LogP contribution in [0.5, 0.6) is 0 Å². The van der Waals surface area contributed by atoms with Gasteiger partial charge in [-0.15, -0.1) is 11.8 Å². The quantitative estimate of drug-likeness (QED) is 0.441. The second-order valence-corrected chi connectivity index (χ2v) is 13.1. The molecular formula is C25H21ClF2N4O4S2. The van der Waals surface area contributed by atoms with Crippen LogP contribution in [0.15, 0.2) is 46.6 Å². The monoisotopic (exact) mass is 578 g/mol. The number of carbonyl (C=O) groups is 1. The number of nitrogens with zero attached hydrogens (tertiary/aromatic N) is 4. The van der Waals surface area contributed by atoms with E-state index in [4.69, 9.17) is 11.6 Å². The normalized spacial score (nSPS) is 22.0. The average Bonchev–Trinajstić information content (AvgIpc) is 3.20. The fourth-order valence-corrected chi connectivity index (χ4v) is 9.26. The summed E-state index contributed by atoms with van der Waals surface area (Å²) in [6.07, 6.45) is 1.16. The van der Waals surface area contributed by atoms with Gasteiger partial charge in [-0.3, -0.25) is 9.36 Å². The molecule has 2 saturated heterocycles. The summed E-state index contributed by atoms with van der Waals surface area (Å²) in [7, 11) is -3.46. The molecule has 3 aliphatic heterocycles. The molecule has 0 unspecified atom stereocenters. The molecule has 0 radical (unpaired) electrons. The highest BCUT2D eigenvalue weighted by molar-refractivity contribution is 7.99. The highest BCUT2D eigenvalue weighted by Crippen LogP contribution is 2.46. The Bertz CT molecular complexity index is 1710. The molecule has 2 aromatic carbocycles. The van der Waals surface area contributed by atoms with Gasteiger partial charge in [-0.2, -0.15) is 4.98 Å². The van der Waals surface area contributed by atoms with Gasteiger partial charge >= 0.3 is 5.69 Å². The van der Waals surface area contributed by atoms with Crippen LogP contribution in [0, 0.1) is 11.6 Å². The van der Waals surface area contributed by atoms with Gasteiger partial charge in [-0.1, -0.05) is 18.2 Å². The lowest BCUT2D eigenvalue weighted by molar-refractivity contribution is -0.128. The van der Waals surface area contributed by atoms with Crippen LogP contribution in [0.2, 0.25) is 5.02 Å². The largest absolute Gasteiger partial charge is 0.350 e. The number of anilines is 1. The van der Waals surface area contributed by atoms with E-state index in [0.29, 0.717) is 33.7 Å². The van der Waals surface area contributed by atoms with Gasteiger partial charge in [0.05, 0.1) is 34.1 Å². The van der Waals surface area contributed by atoms with Gasteiger partial charge in [0, 0.05) is 52.9 Å². The van der Waals surface area contributed by atoms with E-state index >= 15 is 0 Å². The minimum absolute atomic E-state index is 0.110. The zero-order chi connectivity index (χ0) is 26.9. The van der Waals surface area contributed by atoms with Crippen LogP contribution in [0.1, 0.15) is 0 Å². The molecule has 0 saturated carbocycles. The minimum Gasteiger partial charge on any atom is -0.348 e. The van der Waals surface area contributed by atoms with E-state index in [0.717, 1.165) is 18.2 Å². The van der Waals surface area contributed by atoms with Gasteiger partial charge in [0.25, 0.3) is 0 Å². The molecule has 0 N–H and O–H groups in total. The van der Waals surface area contributed by atoms with Crippen molar-refractivity contribution in [3.05, 3.63) is 64.1 Å². The van der Waals surface area contributed by atoms with Crippen molar-refractivity contribution in [3.63, 3.8) is 0 Å². The van der Waals surface area contributed by atoms with Gasteiger partial charge in [0.1, 0.15) is 17.5 Å². The average molecular weight is 579 g/mol. The highest BCUT2D eigenvalue weighted by atomic mass is 35.5. The Morgan fingerprint density at radius 2 is 1.92 bits per heavy atom. The van der Waals surface area contributed by atoms with Crippen molar-refractivity contribution in [2.75, 3.05) is 35.2 Å². The fraction of sp³-hybridized carbons (Fsp3) is 0.320. The van der Waals surface area contributed by atoms with Crippen LogP contribution >= 0.6 is 23.4 Å². The molecule has 0 bridgehead atoms. The number of halogens is 3. The number of carbonyl (C=O) groups excluding carboxylic acids is 1. The lowest BCUT2D eigenvalue weighted by atomic mass is 10.0. The molecule has 0 aliphatic carbocycles. The second kappa shape index (κ2) is 9.06. The highest BCUT2D eigenvalue weighted by Gasteiger charge is 2.48. The molecule has 4 heterocycles. The smallest absolute Gasteiger partial charge is 0.348 e. The Labute approximate surface area is 225 Å². The van der Waals surface area contributed by atoms with E-state index in [1.807, 2.05) is 0 Å². The summed E-state index contributed by atoms with van der Waals surface area (Å²) in [5, 5.41) is 0.714. The molecule has 38 heavy (non-hydrogen) atoms. The van der Waals surface area contributed by atoms with Crippen molar-refractivity contribution in [2.45, 2.75) is 23.5 Å². The van der Waals surface area contributed by atoms with Crippen molar-refractivity contribution in [3.8, 4) is 11.1 Å². The molecule has 2 fully saturated rings. The van der Waals surface area contributed by atoms with Crippen LogP contribution in [-0.2, 0) is 21.2 Å². The van der Waals surface area contributed by atoms with Crippen molar-refractivity contribution in [1.29, 1.82) is 0 Å². The van der Waals surface area contributed by atoms with Crippen LogP contribution in [-0.4, -0.2) is 71.2 Å². The molecule has 8 nitrogen and oxygen atoms in total. The van der Waals surface area contributed by atoms with Gasteiger partial charge in [0.15, 0.2) is 9.84 Å². The number of aromatic nitrogens is 2. The summed E-state index contributed by atoms with van der Waals surface area (Å²) in [5.41, 5.74) is 0.457. The van der Waals surface area contributed by atoms with Crippen LogP contribution < -0.4 is 10.6 Å². The van der Waals surface area contributed by atoms with E-state index in [-0.39, 0.29) is 46.9 Å². The van der Waals surface area contributed by atoms with E-state index in [9.17, 15) is 26.8 Å². The maximum atomic E-state index is 14.9. The van der Waals surface area contributed by atoms with Crippen LogP contribution in [0.3, 0.4) is 0 Å². The lowest BCUT2D eigenvalue weighted by Crippen LogP contribution is -2.61. The molecule has 198 valence electrons. The molecule has 3 aliphatic rings. The Hall–Kier alpha value is -2.96. The predicted octanol–water partition coefficient (Wildman–Crippen LogP) is 3.10. The third kappa shape index (κ3) is 3.92. The Morgan fingerprint density at radius 1 is 1.16 bits per heavy atom. The summed E-state index contributed by atoms with van der Waals surface area (Å²) < 4.78 is 55.3. The summed E-state index contributed by atoms with van der Waals surface area (Å²) in [5.74, 6) is -1.45. The second-order valence-electron chi connectivity index (χ2n) is 9.44. The molecule has 6 rings (SSSR count). The van der Waals surface area contributed by atoms with E-state index in [1.165, 1.54) is 27.3 Å². The standard InChI is InChI=1S/C25H21ClF2N4O4S2/c1-2-20(33)30-5-6-31(19-12-38(35,36)11-18(19)30)24-15-10-16(26)21(14-4-3-13(27)9-17(14)28)23-22(15)32(7-8-37-23)25(34)29-24/h2-4,9-10,18-19H,1,5-8,11-12H2/t18-,19+/m0/s1. The molecule has 1 aromatic heterocycles. The summed E-state index contributed by atoms with van der Waals surface area (Å²) in [4.78, 5) is 34.0. The molecule has 0 spiro atoms. The molecular weight excluding hydrogens is 558 g/mol. The number of thioether (sulfide) groups is 1. The topological polar surface area (TPSA) is 92.6 Å². The number of amides is 1. The van der Waals surface area contributed by atoms with E-state index in [1.54, 1.807) is 11.0 Å². The van der Waals surface area contributed by atoms with Gasteiger partial charge < -0.3 is 9.80 Å². The molecule has 13 heteroatoms. The van der Waals surface area contributed by atoms with Gasteiger partial charge in [0.2, 0.25) is 5.91 Å². The predicted molar refractivity (Wildman–Crippen MR) is 143 cm³/mol. The minimum atomic E-state index is -3.46. The Kier molecular flexibility index (Phi) is 6.04. The number of hydrogen-bond acceptors (Lipinski definition) is 7. The number of hydrogen-bond donors (Lipinski definition) is 0. The first-order chi connectivity index (χ1) is 18.1. The lowest BCUT2D eigenvalue weighted by Gasteiger charge is -2.44. The maximum Gasteiger partial charge on any atom is 0.350 e. The van der Waals surface area contributed by atoms with Crippen LogP contribution in [0.25, 0.3) is 22.0 Å². The first-order valence-corrected chi connectivity index (χ1v) is 15.0. The number of sulfone groups is 1.